The maximum absolute atomic E-state index is 4.22. The van der Waals surface area contributed by atoms with Crippen LogP contribution in [-0.4, -0.2) is 27.8 Å². The molecule has 1 rings (SSSR count). The Labute approximate surface area is 121 Å². The fourth-order valence-electron chi connectivity index (χ4n) is 2.08. The molecule has 0 spiro atoms. The molecule has 1 heterocycles. The maximum Gasteiger partial charge on any atom is 0.0410 e. The van der Waals surface area contributed by atoms with Crippen LogP contribution in [0.15, 0.2) is 22.9 Å². The van der Waals surface area contributed by atoms with Gasteiger partial charge in [-0.2, -0.15) is 0 Å². The highest BCUT2D eigenvalue weighted by Gasteiger charge is 2.14. The zero-order valence-corrected chi connectivity index (χ0v) is 13.7. The van der Waals surface area contributed by atoms with Crippen molar-refractivity contribution in [2.24, 2.45) is 0 Å². The molecule has 17 heavy (non-hydrogen) atoms. The van der Waals surface area contributed by atoms with E-state index >= 15 is 0 Å². The summed E-state index contributed by atoms with van der Waals surface area (Å²) in [4.78, 5) is 6.75. The van der Waals surface area contributed by atoms with Gasteiger partial charge in [0.2, 0.25) is 0 Å². The fourth-order valence-corrected chi connectivity index (χ4v) is 2.95. The van der Waals surface area contributed by atoms with Gasteiger partial charge in [0, 0.05) is 41.3 Å². The summed E-state index contributed by atoms with van der Waals surface area (Å²) < 4.78 is 1.05. The Bertz CT molecular complexity index is 327. The average molecular weight is 364 g/mol. The van der Waals surface area contributed by atoms with E-state index in [0.717, 1.165) is 22.9 Å². The topological polar surface area (TPSA) is 16.1 Å². The third-order valence-electron chi connectivity index (χ3n) is 2.98. The van der Waals surface area contributed by atoms with E-state index in [2.05, 4.69) is 61.7 Å². The molecule has 0 N–H and O–H groups in total. The molecule has 0 aliphatic heterocycles. The van der Waals surface area contributed by atoms with Crippen LogP contribution in [0.1, 0.15) is 32.3 Å². The lowest BCUT2D eigenvalue weighted by Gasteiger charge is -2.29. The molecule has 0 saturated carbocycles. The van der Waals surface area contributed by atoms with Crippen LogP contribution in [-0.2, 0) is 6.54 Å². The smallest absolute Gasteiger partial charge is 0.0410 e. The SMILES string of the molecule is CCC(CC)N(CCBr)Cc1cncc(Br)c1. The van der Waals surface area contributed by atoms with Crippen molar-refractivity contribution in [1.82, 2.24) is 9.88 Å². The predicted molar refractivity (Wildman–Crippen MR) is 80.5 cm³/mol. The molecule has 0 amide bonds. The van der Waals surface area contributed by atoms with Crippen molar-refractivity contribution in [2.75, 3.05) is 11.9 Å². The van der Waals surface area contributed by atoms with Crippen LogP contribution in [0, 0.1) is 0 Å². The molecule has 1 aromatic heterocycles. The molecular weight excluding hydrogens is 344 g/mol. The van der Waals surface area contributed by atoms with Gasteiger partial charge in [0.25, 0.3) is 0 Å². The first-order valence-electron chi connectivity index (χ1n) is 6.10. The van der Waals surface area contributed by atoms with Crippen molar-refractivity contribution in [3.8, 4) is 0 Å². The Kier molecular flexibility index (Phi) is 7.32. The van der Waals surface area contributed by atoms with E-state index in [9.17, 15) is 0 Å². The van der Waals surface area contributed by atoms with E-state index in [1.165, 1.54) is 18.4 Å². The van der Waals surface area contributed by atoms with Gasteiger partial charge in [-0.1, -0.05) is 29.8 Å². The molecule has 2 nitrogen and oxygen atoms in total. The molecule has 0 aromatic carbocycles. The first-order chi connectivity index (χ1) is 8.21. The highest BCUT2D eigenvalue weighted by atomic mass is 79.9. The van der Waals surface area contributed by atoms with E-state index in [-0.39, 0.29) is 0 Å². The van der Waals surface area contributed by atoms with Gasteiger partial charge in [0.1, 0.15) is 0 Å². The number of aromatic nitrogens is 1. The Balaban J connectivity index is 2.71. The Morgan fingerprint density at radius 3 is 2.53 bits per heavy atom. The first kappa shape index (κ1) is 15.1. The third-order valence-corrected chi connectivity index (χ3v) is 3.77. The van der Waals surface area contributed by atoms with Crippen LogP contribution in [0.3, 0.4) is 0 Å². The Morgan fingerprint density at radius 2 is 2.00 bits per heavy atom. The second kappa shape index (κ2) is 8.22. The highest BCUT2D eigenvalue weighted by molar-refractivity contribution is 9.10. The molecule has 0 saturated heterocycles. The quantitative estimate of drug-likeness (QED) is 0.674. The minimum Gasteiger partial charge on any atom is -0.295 e. The monoisotopic (exact) mass is 362 g/mol. The second-order valence-electron chi connectivity index (χ2n) is 4.14. The van der Waals surface area contributed by atoms with Crippen LogP contribution in [0.4, 0.5) is 0 Å². The van der Waals surface area contributed by atoms with E-state index in [4.69, 9.17) is 0 Å². The van der Waals surface area contributed by atoms with Crippen LogP contribution >= 0.6 is 31.9 Å². The lowest BCUT2D eigenvalue weighted by Crippen LogP contribution is -2.35. The second-order valence-corrected chi connectivity index (χ2v) is 5.85. The maximum atomic E-state index is 4.22. The lowest BCUT2D eigenvalue weighted by atomic mass is 10.1. The summed E-state index contributed by atoms with van der Waals surface area (Å²) in [6.07, 6.45) is 6.18. The van der Waals surface area contributed by atoms with Crippen LogP contribution < -0.4 is 0 Å². The summed E-state index contributed by atoms with van der Waals surface area (Å²) in [7, 11) is 0. The first-order valence-corrected chi connectivity index (χ1v) is 8.02. The third kappa shape index (κ3) is 5.06. The van der Waals surface area contributed by atoms with Gasteiger partial charge >= 0.3 is 0 Å². The van der Waals surface area contributed by atoms with Crippen molar-refractivity contribution >= 4 is 31.9 Å². The highest BCUT2D eigenvalue weighted by Crippen LogP contribution is 2.16. The van der Waals surface area contributed by atoms with E-state index in [1.54, 1.807) is 0 Å². The number of hydrogen-bond acceptors (Lipinski definition) is 2. The largest absolute Gasteiger partial charge is 0.295 e. The molecule has 1 aromatic rings. The number of rotatable bonds is 7. The Morgan fingerprint density at radius 1 is 1.29 bits per heavy atom. The number of alkyl halides is 1. The van der Waals surface area contributed by atoms with Gasteiger partial charge in [-0.3, -0.25) is 9.88 Å². The van der Waals surface area contributed by atoms with Gasteiger partial charge in [-0.15, -0.1) is 0 Å². The van der Waals surface area contributed by atoms with Gasteiger partial charge in [0.05, 0.1) is 0 Å². The number of halogens is 2. The minimum atomic E-state index is 0.659. The minimum absolute atomic E-state index is 0.659. The summed E-state index contributed by atoms with van der Waals surface area (Å²) in [6.45, 7) is 6.58. The molecular formula is C13H20Br2N2. The molecule has 4 heteroatoms. The zero-order chi connectivity index (χ0) is 12.7. The van der Waals surface area contributed by atoms with Gasteiger partial charge in [-0.25, -0.2) is 0 Å². The normalized spacial score (nSPS) is 11.4. The molecule has 0 fully saturated rings. The van der Waals surface area contributed by atoms with Gasteiger partial charge in [0.15, 0.2) is 0 Å². The van der Waals surface area contributed by atoms with Crippen molar-refractivity contribution in [2.45, 2.75) is 39.3 Å². The average Bonchev–Trinajstić information content (AvgIpc) is 2.31. The summed E-state index contributed by atoms with van der Waals surface area (Å²) in [5.41, 5.74) is 1.27. The molecule has 0 bridgehead atoms. The lowest BCUT2D eigenvalue weighted by molar-refractivity contribution is 0.189. The van der Waals surface area contributed by atoms with Crippen LogP contribution in [0.2, 0.25) is 0 Å². The van der Waals surface area contributed by atoms with E-state index in [1.807, 2.05) is 12.4 Å². The van der Waals surface area contributed by atoms with E-state index in [0.29, 0.717) is 6.04 Å². The molecule has 0 aliphatic carbocycles. The summed E-state index contributed by atoms with van der Waals surface area (Å²) in [6, 6.07) is 2.81. The molecule has 0 atom stereocenters. The molecule has 0 unspecified atom stereocenters. The summed E-state index contributed by atoms with van der Waals surface area (Å²) in [5.74, 6) is 0. The predicted octanol–water partition coefficient (Wildman–Crippen LogP) is 4.23. The summed E-state index contributed by atoms with van der Waals surface area (Å²) in [5, 5.41) is 1.02. The summed E-state index contributed by atoms with van der Waals surface area (Å²) >= 11 is 7.01. The van der Waals surface area contributed by atoms with Crippen molar-refractivity contribution in [3.63, 3.8) is 0 Å². The van der Waals surface area contributed by atoms with Crippen molar-refractivity contribution in [3.05, 3.63) is 28.5 Å². The molecule has 0 aliphatic rings. The fraction of sp³-hybridized carbons (Fsp3) is 0.615. The van der Waals surface area contributed by atoms with Crippen LogP contribution in [0.25, 0.3) is 0 Å². The van der Waals surface area contributed by atoms with Crippen molar-refractivity contribution in [1.29, 1.82) is 0 Å². The van der Waals surface area contributed by atoms with Crippen LogP contribution in [0.5, 0.6) is 0 Å². The molecule has 96 valence electrons. The standard InChI is InChI=1S/C13H20Br2N2/c1-3-13(4-2)17(6-5-14)10-11-7-12(15)9-16-8-11/h7-9,13H,3-6,10H2,1-2H3. The number of pyridine rings is 1. The number of hydrogen-bond donors (Lipinski definition) is 0. The van der Waals surface area contributed by atoms with Gasteiger partial charge in [-0.05, 0) is 40.4 Å². The van der Waals surface area contributed by atoms with Gasteiger partial charge < -0.3 is 0 Å². The molecule has 0 radical (unpaired) electrons. The Hall–Kier alpha value is 0.0700. The van der Waals surface area contributed by atoms with E-state index < -0.39 is 0 Å². The zero-order valence-electron chi connectivity index (χ0n) is 10.5. The van der Waals surface area contributed by atoms with Crippen molar-refractivity contribution < 1.29 is 0 Å². The number of nitrogens with zero attached hydrogens (tertiary/aromatic N) is 2.